The molecule has 0 unspecified atom stereocenters. The Morgan fingerprint density at radius 1 is 0.952 bits per heavy atom. The number of thioether (sulfide) groups is 1. The Kier molecular flexibility index (Phi) is 6.31. The first kappa shape index (κ1) is 15.6. The zero-order valence-corrected chi connectivity index (χ0v) is 13.0. The van der Waals surface area contributed by atoms with Crippen molar-refractivity contribution >= 4 is 17.7 Å². The van der Waals surface area contributed by atoms with E-state index < -0.39 is 0 Å². The highest BCUT2D eigenvalue weighted by Gasteiger charge is 2.03. The van der Waals surface area contributed by atoms with Gasteiger partial charge in [-0.15, -0.1) is 11.8 Å². The van der Waals surface area contributed by atoms with Gasteiger partial charge in [0.15, 0.2) is 0 Å². The molecule has 0 atom stereocenters. The van der Waals surface area contributed by atoms with Crippen LogP contribution in [-0.4, -0.2) is 18.7 Å². The van der Waals surface area contributed by atoms with E-state index in [-0.39, 0.29) is 5.91 Å². The molecule has 0 aliphatic heterocycles. The first-order valence-corrected chi connectivity index (χ1v) is 7.93. The summed E-state index contributed by atoms with van der Waals surface area (Å²) in [6, 6.07) is 18.2. The highest BCUT2D eigenvalue weighted by atomic mass is 32.2. The molecule has 0 fully saturated rings. The van der Waals surface area contributed by atoms with Crippen LogP contribution in [-0.2, 0) is 17.9 Å². The number of nitrogens with one attached hydrogen (secondary N) is 2. The van der Waals surface area contributed by atoms with Gasteiger partial charge in [0.05, 0.1) is 5.75 Å². The molecule has 3 nitrogen and oxygen atoms in total. The van der Waals surface area contributed by atoms with Crippen molar-refractivity contribution in [2.24, 2.45) is 0 Å². The minimum absolute atomic E-state index is 0.0585. The van der Waals surface area contributed by atoms with Crippen molar-refractivity contribution < 1.29 is 4.79 Å². The van der Waals surface area contributed by atoms with Crippen molar-refractivity contribution in [1.29, 1.82) is 0 Å². The number of hydrogen-bond acceptors (Lipinski definition) is 3. The van der Waals surface area contributed by atoms with Crippen LogP contribution in [0.3, 0.4) is 0 Å². The van der Waals surface area contributed by atoms with E-state index in [2.05, 4.69) is 34.9 Å². The third-order valence-electron chi connectivity index (χ3n) is 3.01. The van der Waals surface area contributed by atoms with Gasteiger partial charge in [-0.1, -0.05) is 42.5 Å². The van der Waals surface area contributed by atoms with Crippen molar-refractivity contribution in [3.63, 3.8) is 0 Å². The molecule has 0 radical (unpaired) electrons. The maximum absolute atomic E-state index is 11.8. The average Bonchev–Trinajstić information content (AvgIpc) is 2.53. The molecule has 21 heavy (non-hydrogen) atoms. The van der Waals surface area contributed by atoms with Crippen LogP contribution in [0, 0.1) is 0 Å². The Morgan fingerprint density at radius 2 is 1.62 bits per heavy atom. The first-order valence-electron chi connectivity index (χ1n) is 6.95. The molecule has 1 amide bonds. The molecule has 0 aromatic heterocycles. The molecule has 0 heterocycles. The smallest absolute Gasteiger partial charge is 0.230 e. The third kappa shape index (κ3) is 5.61. The molecule has 0 saturated carbocycles. The quantitative estimate of drug-likeness (QED) is 0.773. The van der Waals surface area contributed by atoms with E-state index in [1.165, 1.54) is 5.56 Å². The van der Waals surface area contributed by atoms with Crippen molar-refractivity contribution in [2.75, 3.05) is 12.8 Å². The molecule has 2 aromatic carbocycles. The van der Waals surface area contributed by atoms with Gasteiger partial charge in [0.2, 0.25) is 5.91 Å². The van der Waals surface area contributed by atoms with Crippen molar-refractivity contribution in [2.45, 2.75) is 18.0 Å². The third-order valence-corrected chi connectivity index (χ3v) is 4.02. The topological polar surface area (TPSA) is 41.1 Å². The van der Waals surface area contributed by atoms with Gasteiger partial charge in [-0.2, -0.15) is 0 Å². The summed E-state index contributed by atoms with van der Waals surface area (Å²) in [6.45, 7) is 1.45. The summed E-state index contributed by atoms with van der Waals surface area (Å²) in [4.78, 5) is 12.9. The fourth-order valence-electron chi connectivity index (χ4n) is 1.90. The van der Waals surface area contributed by atoms with E-state index in [9.17, 15) is 4.79 Å². The minimum atomic E-state index is 0.0585. The molecular weight excluding hydrogens is 280 g/mol. The SMILES string of the molecule is CNCc1ccc(SCC(=O)NCc2ccccc2)cc1. The number of carbonyl (C=O) groups excluding carboxylic acids is 1. The van der Waals surface area contributed by atoms with Gasteiger partial charge in [-0.05, 0) is 30.3 Å². The zero-order chi connectivity index (χ0) is 14.9. The average molecular weight is 300 g/mol. The molecule has 4 heteroatoms. The number of hydrogen-bond donors (Lipinski definition) is 2. The fourth-order valence-corrected chi connectivity index (χ4v) is 2.63. The zero-order valence-electron chi connectivity index (χ0n) is 12.1. The first-order chi connectivity index (χ1) is 10.3. The number of amides is 1. The normalized spacial score (nSPS) is 10.3. The highest BCUT2D eigenvalue weighted by molar-refractivity contribution is 8.00. The standard InChI is InChI=1S/C17H20N2OS/c1-18-11-15-7-9-16(10-8-15)21-13-17(20)19-12-14-5-3-2-4-6-14/h2-10,18H,11-13H2,1H3,(H,19,20). The lowest BCUT2D eigenvalue weighted by Crippen LogP contribution is -2.24. The van der Waals surface area contributed by atoms with E-state index in [4.69, 9.17) is 0 Å². The van der Waals surface area contributed by atoms with Crippen molar-refractivity contribution in [1.82, 2.24) is 10.6 Å². The van der Waals surface area contributed by atoms with Crippen LogP contribution >= 0.6 is 11.8 Å². The van der Waals surface area contributed by atoms with E-state index in [1.54, 1.807) is 11.8 Å². The van der Waals surface area contributed by atoms with Gasteiger partial charge in [-0.3, -0.25) is 4.79 Å². The molecule has 110 valence electrons. The maximum Gasteiger partial charge on any atom is 0.230 e. The van der Waals surface area contributed by atoms with Crippen LogP contribution in [0.15, 0.2) is 59.5 Å². The minimum Gasteiger partial charge on any atom is -0.351 e. The largest absolute Gasteiger partial charge is 0.351 e. The lowest BCUT2D eigenvalue weighted by molar-refractivity contribution is -0.118. The fraction of sp³-hybridized carbons (Fsp3) is 0.235. The summed E-state index contributed by atoms with van der Waals surface area (Å²) in [6.07, 6.45) is 0. The summed E-state index contributed by atoms with van der Waals surface area (Å²) in [5.74, 6) is 0.501. The van der Waals surface area contributed by atoms with Crippen LogP contribution < -0.4 is 10.6 Å². The van der Waals surface area contributed by atoms with E-state index >= 15 is 0 Å². The molecule has 0 saturated heterocycles. The monoisotopic (exact) mass is 300 g/mol. The predicted octanol–water partition coefficient (Wildman–Crippen LogP) is 2.81. The Balaban J connectivity index is 1.73. The summed E-state index contributed by atoms with van der Waals surface area (Å²) in [5.41, 5.74) is 2.36. The van der Waals surface area contributed by atoms with Gasteiger partial charge < -0.3 is 10.6 Å². The number of carbonyl (C=O) groups is 1. The molecule has 0 aliphatic carbocycles. The lowest BCUT2D eigenvalue weighted by Gasteiger charge is -2.06. The second-order valence-corrected chi connectivity index (χ2v) is 5.77. The number of rotatable bonds is 7. The summed E-state index contributed by atoms with van der Waals surface area (Å²) in [5, 5.41) is 6.05. The summed E-state index contributed by atoms with van der Waals surface area (Å²) >= 11 is 1.56. The molecule has 0 aliphatic rings. The predicted molar refractivity (Wildman–Crippen MR) is 88.2 cm³/mol. The Morgan fingerprint density at radius 3 is 2.29 bits per heavy atom. The van der Waals surface area contributed by atoms with Gasteiger partial charge in [-0.25, -0.2) is 0 Å². The van der Waals surface area contributed by atoms with Gasteiger partial charge in [0, 0.05) is 18.0 Å². The van der Waals surface area contributed by atoms with Crippen molar-refractivity contribution in [3.8, 4) is 0 Å². The van der Waals surface area contributed by atoms with E-state index in [0.29, 0.717) is 12.3 Å². The van der Waals surface area contributed by atoms with Crippen molar-refractivity contribution in [3.05, 3.63) is 65.7 Å². The highest BCUT2D eigenvalue weighted by Crippen LogP contribution is 2.18. The molecule has 2 aromatic rings. The molecule has 0 bridgehead atoms. The summed E-state index contributed by atoms with van der Waals surface area (Å²) in [7, 11) is 1.93. The van der Waals surface area contributed by atoms with E-state index in [1.807, 2.05) is 37.4 Å². The maximum atomic E-state index is 11.8. The molecule has 0 spiro atoms. The van der Waals surface area contributed by atoms with Crippen LogP contribution in [0.25, 0.3) is 0 Å². The van der Waals surface area contributed by atoms with Gasteiger partial charge in [0.1, 0.15) is 0 Å². The second-order valence-electron chi connectivity index (χ2n) is 4.73. The van der Waals surface area contributed by atoms with E-state index in [0.717, 1.165) is 17.0 Å². The van der Waals surface area contributed by atoms with Crippen LogP contribution in [0.1, 0.15) is 11.1 Å². The van der Waals surface area contributed by atoms with Gasteiger partial charge in [0.25, 0.3) is 0 Å². The molecular formula is C17H20N2OS. The number of benzene rings is 2. The van der Waals surface area contributed by atoms with Gasteiger partial charge >= 0.3 is 0 Å². The second kappa shape index (κ2) is 8.49. The summed E-state index contributed by atoms with van der Waals surface area (Å²) < 4.78 is 0. The Hall–Kier alpha value is -1.78. The van der Waals surface area contributed by atoms with Crippen LogP contribution in [0.4, 0.5) is 0 Å². The Labute approximate surface area is 130 Å². The van der Waals surface area contributed by atoms with Crippen LogP contribution in [0.5, 0.6) is 0 Å². The molecule has 2 N–H and O–H groups in total. The van der Waals surface area contributed by atoms with Crippen LogP contribution in [0.2, 0.25) is 0 Å². The molecule has 2 rings (SSSR count). The lowest BCUT2D eigenvalue weighted by atomic mass is 10.2. The Bertz CT molecular complexity index is 555.